The fourth-order valence-electron chi connectivity index (χ4n) is 3.82. The lowest BCUT2D eigenvalue weighted by molar-refractivity contribution is -0.153. The van der Waals surface area contributed by atoms with Gasteiger partial charge in [-0.3, -0.25) is 19.5 Å². The van der Waals surface area contributed by atoms with E-state index in [0.717, 1.165) is 0 Å². The minimum Gasteiger partial charge on any atom is -0.497 e. The van der Waals surface area contributed by atoms with Crippen molar-refractivity contribution in [1.29, 1.82) is 0 Å². The Morgan fingerprint density at radius 2 is 1.89 bits per heavy atom. The SMILES string of the molecule is CON[C@@H](C)C(=O)OP(=O)(OC[C@@H]1CC[C@H](N2C(=O)NC(=O)C(C)(Br)C2OC)O1)Oc1ccc(OC)cc1. The van der Waals surface area contributed by atoms with Gasteiger partial charge in [-0.1, -0.05) is 15.9 Å². The molecule has 212 valence electrons. The summed E-state index contributed by atoms with van der Waals surface area (Å²) in [5.41, 5.74) is 2.38. The van der Waals surface area contributed by atoms with Gasteiger partial charge in [0, 0.05) is 7.11 Å². The number of halogens is 1. The molecule has 1 aromatic carbocycles. The zero-order chi connectivity index (χ0) is 28.1. The fourth-order valence-corrected chi connectivity index (χ4v) is 5.58. The molecule has 0 radical (unpaired) electrons. The van der Waals surface area contributed by atoms with Crippen LogP contribution < -0.4 is 20.1 Å². The molecule has 16 heteroatoms. The number of carbonyl (C=O) groups excluding carboxylic acids is 3. The van der Waals surface area contributed by atoms with Gasteiger partial charge in [0.2, 0.25) is 5.91 Å². The van der Waals surface area contributed by atoms with Gasteiger partial charge in [0.1, 0.15) is 28.1 Å². The number of hydroxylamine groups is 1. The largest absolute Gasteiger partial charge is 0.589 e. The van der Waals surface area contributed by atoms with Crippen LogP contribution in [0.25, 0.3) is 0 Å². The molecule has 0 aromatic heterocycles. The highest BCUT2D eigenvalue weighted by Crippen LogP contribution is 2.50. The number of alkyl halides is 1. The third-order valence-electron chi connectivity index (χ3n) is 5.78. The summed E-state index contributed by atoms with van der Waals surface area (Å²) in [6, 6.07) is 4.43. The number of nitrogens with zero attached hydrogens (tertiary/aromatic N) is 1. The molecule has 1 aromatic rings. The zero-order valence-corrected chi connectivity index (χ0v) is 24.0. The second kappa shape index (κ2) is 12.7. The molecule has 2 fully saturated rings. The molecule has 0 bridgehead atoms. The van der Waals surface area contributed by atoms with Gasteiger partial charge in [0.25, 0.3) is 0 Å². The lowest BCUT2D eigenvalue weighted by atomic mass is 10.1. The number of carbonyl (C=O) groups is 3. The molecule has 2 saturated heterocycles. The Kier molecular flexibility index (Phi) is 10.1. The molecule has 14 nitrogen and oxygen atoms in total. The number of nitrogens with one attached hydrogen (secondary N) is 2. The normalized spacial score (nSPS) is 27.8. The lowest BCUT2D eigenvalue weighted by Gasteiger charge is -2.44. The number of hydrogen-bond acceptors (Lipinski definition) is 12. The molecule has 3 amide bonds. The van der Waals surface area contributed by atoms with Crippen LogP contribution in [-0.2, 0) is 37.5 Å². The first kappa shape index (κ1) is 30.3. The molecule has 3 unspecified atom stereocenters. The molecule has 2 aliphatic rings. The van der Waals surface area contributed by atoms with Crippen molar-refractivity contribution in [1.82, 2.24) is 15.7 Å². The summed E-state index contributed by atoms with van der Waals surface area (Å²) in [5, 5.41) is 2.27. The Bertz CT molecular complexity index is 1060. The molecular formula is C22H31BrN3O11P. The van der Waals surface area contributed by atoms with Crippen LogP contribution in [0.4, 0.5) is 4.79 Å². The maximum absolute atomic E-state index is 13.5. The zero-order valence-electron chi connectivity index (χ0n) is 21.5. The maximum Gasteiger partial charge on any atom is 0.589 e. The smallest absolute Gasteiger partial charge is 0.497 e. The molecule has 6 atom stereocenters. The van der Waals surface area contributed by atoms with Crippen LogP contribution in [-0.4, -0.2) is 79.7 Å². The molecule has 3 rings (SSSR count). The van der Waals surface area contributed by atoms with Crippen molar-refractivity contribution in [2.75, 3.05) is 27.9 Å². The molecule has 0 spiro atoms. The third-order valence-corrected chi connectivity index (χ3v) is 7.83. The van der Waals surface area contributed by atoms with E-state index in [9.17, 15) is 18.9 Å². The highest BCUT2D eigenvalue weighted by molar-refractivity contribution is 9.10. The highest BCUT2D eigenvalue weighted by Gasteiger charge is 2.53. The van der Waals surface area contributed by atoms with Crippen molar-refractivity contribution in [3.05, 3.63) is 24.3 Å². The van der Waals surface area contributed by atoms with Gasteiger partial charge in [-0.15, -0.1) is 0 Å². The number of ether oxygens (including phenoxy) is 3. The van der Waals surface area contributed by atoms with Gasteiger partial charge in [0.15, 0.2) is 6.23 Å². The monoisotopic (exact) mass is 623 g/mol. The summed E-state index contributed by atoms with van der Waals surface area (Å²) in [5.74, 6) is -0.846. The van der Waals surface area contributed by atoms with E-state index >= 15 is 0 Å². The van der Waals surface area contributed by atoms with Crippen molar-refractivity contribution < 1.29 is 51.6 Å². The van der Waals surface area contributed by atoms with Gasteiger partial charge < -0.3 is 28.1 Å². The summed E-state index contributed by atoms with van der Waals surface area (Å²) in [6.07, 6.45) is -1.60. The third kappa shape index (κ3) is 7.03. The van der Waals surface area contributed by atoms with Crippen LogP contribution >= 0.6 is 23.8 Å². The molecule has 0 saturated carbocycles. The standard InChI is InChI=1S/C22H31BrN3O11P/c1-13(25-33-5)18(27)37-38(30,36-15-8-6-14(31-3)7-9-15)34-12-16-10-11-17(35-16)26-20(32-4)22(2,23)19(28)24-21(26)29/h6-9,13,16-17,20,25H,10-12H2,1-5H3,(H,24,28,29)/t13-,16-,17+,20?,22?,38?/m0/s1. The van der Waals surface area contributed by atoms with Gasteiger partial charge in [-0.25, -0.2) is 14.2 Å². The Balaban J connectivity index is 1.70. The molecule has 0 aliphatic carbocycles. The molecular weight excluding hydrogens is 593 g/mol. The Morgan fingerprint density at radius 3 is 2.50 bits per heavy atom. The average Bonchev–Trinajstić information content (AvgIpc) is 3.34. The van der Waals surface area contributed by atoms with Crippen LogP contribution in [0.15, 0.2) is 24.3 Å². The Labute approximate surface area is 228 Å². The topological polar surface area (TPSA) is 160 Å². The molecule has 38 heavy (non-hydrogen) atoms. The maximum atomic E-state index is 13.5. The summed E-state index contributed by atoms with van der Waals surface area (Å²) in [7, 11) is -0.322. The second-order valence-electron chi connectivity index (χ2n) is 8.58. The van der Waals surface area contributed by atoms with E-state index < -0.39 is 54.7 Å². The molecule has 2 N–H and O–H groups in total. The number of imide groups is 1. The van der Waals surface area contributed by atoms with Crippen LogP contribution in [0.3, 0.4) is 0 Å². The molecule has 2 aliphatic heterocycles. The summed E-state index contributed by atoms with van der Waals surface area (Å²) in [4.78, 5) is 43.3. The van der Waals surface area contributed by atoms with Gasteiger partial charge >= 0.3 is 19.8 Å². The van der Waals surface area contributed by atoms with Gasteiger partial charge in [-0.2, -0.15) is 5.48 Å². The minimum atomic E-state index is -4.50. The van der Waals surface area contributed by atoms with Crippen molar-refractivity contribution in [2.45, 2.75) is 55.6 Å². The van der Waals surface area contributed by atoms with Crippen LogP contribution in [0.1, 0.15) is 26.7 Å². The number of urea groups is 1. The summed E-state index contributed by atoms with van der Waals surface area (Å²) in [6.45, 7) is 2.72. The van der Waals surface area contributed by atoms with E-state index in [1.54, 1.807) is 19.1 Å². The summed E-state index contributed by atoms with van der Waals surface area (Å²) >= 11 is 3.32. The second-order valence-corrected chi connectivity index (χ2v) is 11.7. The fraction of sp³-hybridized carbons (Fsp3) is 0.591. The average molecular weight is 624 g/mol. The van der Waals surface area contributed by atoms with Gasteiger partial charge in [-0.05, 0) is 51.0 Å². The van der Waals surface area contributed by atoms with E-state index in [-0.39, 0.29) is 12.4 Å². The van der Waals surface area contributed by atoms with Crippen LogP contribution in [0.5, 0.6) is 11.5 Å². The number of methoxy groups -OCH3 is 2. The number of rotatable bonds is 12. The van der Waals surface area contributed by atoms with E-state index in [0.29, 0.717) is 18.6 Å². The first-order valence-corrected chi connectivity index (χ1v) is 13.8. The minimum absolute atomic E-state index is 0.105. The van der Waals surface area contributed by atoms with Crippen molar-refractivity contribution in [3.63, 3.8) is 0 Å². The Morgan fingerprint density at radius 1 is 1.24 bits per heavy atom. The van der Waals surface area contributed by atoms with Gasteiger partial charge in [0.05, 0.1) is 26.9 Å². The highest BCUT2D eigenvalue weighted by atomic mass is 79.9. The number of amides is 3. The number of phosphoric ester groups is 1. The first-order chi connectivity index (χ1) is 17.9. The van der Waals surface area contributed by atoms with Crippen LogP contribution in [0, 0.1) is 0 Å². The first-order valence-electron chi connectivity index (χ1n) is 11.5. The van der Waals surface area contributed by atoms with E-state index in [1.165, 1.54) is 45.3 Å². The van der Waals surface area contributed by atoms with E-state index in [4.69, 9.17) is 32.6 Å². The number of hydrogen-bond donors (Lipinski definition) is 2. The Hall–Kier alpha value is -2.26. The van der Waals surface area contributed by atoms with E-state index in [1.807, 2.05) is 0 Å². The number of benzene rings is 1. The summed E-state index contributed by atoms with van der Waals surface area (Å²) < 4.78 is 44.8. The predicted molar refractivity (Wildman–Crippen MR) is 134 cm³/mol. The molecule has 2 heterocycles. The van der Waals surface area contributed by atoms with E-state index in [2.05, 4.69) is 26.7 Å². The number of phosphoric acid groups is 1. The quantitative estimate of drug-likeness (QED) is 0.199. The van der Waals surface area contributed by atoms with Crippen LogP contribution in [0.2, 0.25) is 0 Å². The predicted octanol–water partition coefficient (Wildman–Crippen LogP) is 2.46. The lowest BCUT2D eigenvalue weighted by Crippen LogP contribution is -2.69. The van der Waals surface area contributed by atoms with Crippen molar-refractivity contribution >= 4 is 41.7 Å². The van der Waals surface area contributed by atoms with Crippen molar-refractivity contribution in [3.8, 4) is 11.5 Å². The van der Waals surface area contributed by atoms with Crippen molar-refractivity contribution in [2.24, 2.45) is 0 Å².